The second kappa shape index (κ2) is 3.18. The lowest BCUT2D eigenvalue weighted by molar-refractivity contribution is -0.880. The number of nitrogens with one attached hydrogen (secondary N) is 1. The first-order valence-corrected chi connectivity index (χ1v) is 3.91. The van der Waals surface area contributed by atoms with E-state index < -0.39 is 0 Å². The molecule has 1 saturated heterocycles. The first-order valence-electron chi connectivity index (χ1n) is 3.91. The maximum Gasteiger partial charge on any atom is 0.136 e. The lowest BCUT2D eigenvalue weighted by atomic mass is 10.2. The van der Waals surface area contributed by atoms with Gasteiger partial charge in [0, 0.05) is 12.8 Å². The summed E-state index contributed by atoms with van der Waals surface area (Å²) in [6.07, 6.45) is 2.86. The molecule has 0 unspecified atom stereocenters. The Labute approximate surface area is 57.2 Å². The molecule has 0 saturated carbocycles. The van der Waals surface area contributed by atoms with E-state index in [4.69, 9.17) is 0 Å². The molecule has 0 spiro atoms. The summed E-state index contributed by atoms with van der Waals surface area (Å²) >= 11 is 0. The predicted octanol–water partition coefficient (Wildman–Crippen LogP) is -2.14. The van der Waals surface area contributed by atoms with Gasteiger partial charge in [-0.25, -0.2) is 0 Å². The summed E-state index contributed by atoms with van der Waals surface area (Å²) in [5.74, 6) is 0. The van der Waals surface area contributed by atoms with Crippen LogP contribution in [0.1, 0.15) is 12.8 Å². The van der Waals surface area contributed by atoms with E-state index in [-0.39, 0.29) is 0 Å². The van der Waals surface area contributed by atoms with Crippen LogP contribution in [0.15, 0.2) is 0 Å². The molecule has 0 bridgehead atoms. The van der Waals surface area contributed by atoms with Crippen molar-refractivity contribution in [2.75, 3.05) is 27.2 Å². The number of nitrogens with two attached hydrogens (primary N) is 1. The van der Waals surface area contributed by atoms with Crippen molar-refractivity contribution in [1.29, 1.82) is 0 Å². The first kappa shape index (κ1) is 7.03. The van der Waals surface area contributed by atoms with Crippen LogP contribution in [0.2, 0.25) is 0 Å². The molecule has 1 aliphatic rings. The quantitative estimate of drug-likeness (QED) is 0.425. The van der Waals surface area contributed by atoms with Gasteiger partial charge in [0.25, 0.3) is 0 Å². The summed E-state index contributed by atoms with van der Waals surface area (Å²) in [5, 5.41) is 2.48. The summed E-state index contributed by atoms with van der Waals surface area (Å²) in [4.78, 5) is 1.58. The van der Waals surface area contributed by atoms with Crippen LogP contribution in [0.3, 0.4) is 0 Å². The molecular formula is C7H18N2+2. The summed E-state index contributed by atoms with van der Waals surface area (Å²) in [6, 6.07) is 0.926. The van der Waals surface area contributed by atoms with E-state index in [1.807, 2.05) is 0 Å². The third kappa shape index (κ3) is 2.33. The topological polar surface area (TPSA) is 21.1 Å². The molecule has 1 rings (SSSR count). The standard InChI is InChI=1S/C7H16N2/c1-9(2)6-7-4-3-5-8-7/h7-8H,3-6H2,1-2H3/p+2/t7-/m1/s1. The number of likely N-dealkylation sites (N-methyl/N-ethyl adjacent to an activating group) is 1. The van der Waals surface area contributed by atoms with Crippen molar-refractivity contribution in [1.82, 2.24) is 0 Å². The molecule has 0 aromatic carbocycles. The van der Waals surface area contributed by atoms with Gasteiger partial charge in [0.05, 0.1) is 20.6 Å². The van der Waals surface area contributed by atoms with Gasteiger partial charge >= 0.3 is 0 Å². The van der Waals surface area contributed by atoms with E-state index >= 15 is 0 Å². The molecule has 1 aliphatic heterocycles. The van der Waals surface area contributed by atoms with Crippen molar-refractivity contribution in [3.8, 4) is 0 Å². The molecule has 1 fully saturated rings. The van der Waals surface area contributed by atoms with Gasteiger partial charge < -0.3 is 10.2 Å². The van der Waals surface area contributed by atoms with Gasteiger partial charge in [0.2, 0.25) is 0 Å². The zero-order valence-corrected chi connectivity index (χ0v) is 6.48. The SMILES string of the molecule is C[NH+](C)C[C@H]1CCC[NH2+]1. The van der Waals surface area contributed by atoms with Gasteiger partial charge in [-0.2, -0.15) is 0 Å². The normalized spacial score (nSPS) is 27.7. The molecule has 1 atom stereocenters. The number of rotatable bonds is 2. The molecule has 3 N–H and O–H groups in total. The highest BCUT2D eigenvalue weighted by Gasteiger charge is 2.20. The third-order valence-electron chi connectivity index (χ3n) is 1.95. The Morgan fingerprint density at radius 3 is 2.78 bits per heavy atom. The minimum Gasteiger partial charge on any atom is -0.339 e. The molecule has 0 amide bonds. The Morgan fingerprint density at radius 2 is 2.33 bits per heavy atom. The largest absolute Gasteiger partial charge is 0.339 e. The zero-order valence-electron chi connectivity index (χ0n) is 6.48. The van der Waals surface area contributed by atoms with Gasteiger partial charge in [-0.1, -0.05) is 0 Å². The van der Waals surface area contributed by atoms with Crippen LogP contribution in [0, 0.1) is 0 Å². The molecule has 0 aromatic heterocycles. The minimum absolute atomic E-state index is 0.926. The zero-order chi connectivity index (χ0) is 6.69. The highest BCUT2D eigenvalue weighted by molar-refractivity contribution is 4.56. The van der Waals surface area contributed by atoms with Gasteiger partial charge in [0.15, 0.2) is 0 Å². The predicted molar refractivity (Wildman–Crippen MR) is 37.5 cm³/mol. The summed E-state index contributed by atoms with van der Waals surface area (Å²) in [5.41, 5.74) is 0. The van der Waals surface area contributed by atoms with Gasteiger partial charge in [-0.3, -0.25) is 0 Å². The van der Waals surface area contributed by atoms with E-state index in [1.54, 1.807) is 4.90 Å². The lowest BCUT2D eigenvalue weighted by Gasteiger charge is -2.09. The molecule has 0 aliphatic carbocycles. The van der Waals surface area contributed by atoms with Crippen molar-refractivity contribution in [3.63, 3.8) is 0 Å². The highest BCUT2D eigenvalue weighted by Crippen LogP contribution is 1.93. The third-order valence-corrected chi connectivity index (χ3v) is 1.95. The van der Waals surface area contributed by atoms with Gasteiger partial charge in [-0.15, -0.1) is 0 Å². The molecule has 2 nitrogen and oxygen atoms in total. The van der Waals surface area contributed by atoms with Crippen molar-refractivity contribution >= 4 is 0 Å². The average molecular weight is 130 g/mol. The number of hydrogen-bond donors (Lipinski definition) is 2. The molecule has 0 aromatic rings. The van der Waals surface area contributed by atoms with Crippen molar-refractivity contribution in [2.45, 2.75) is 18.9 Å². The molecule has 0 radical (unpaired) electrons. The Balaban J connectivity index is 2.11. The summed E-state index contributed by atoms with van der Waals surface area (Å²) < 4.78 is 0. The van der Waals surface area contributed by atoms with Crippen molar-refractivity contribution in [2.24, 2.45) is 0 Å². The Hall–Kier alpha value is -0.0800. The summed E-state index contributed by atoms with van der Waals surface area (Å²) in [6.45, 7) is 2.69. The average Bonchev–Trinajstić information content (AvgIpc) is 2.15. The monoisotopic (exact) mass is 130 g/mol. The highest BCUT2D eigenvalue weighted by atomic mass is 15.1. The van der Waals surface area contributed by atoms with E-state index in [0.717, 1.165) is 6.04 Å². The van der Waals surface area contributed by atoms with Gasteiger partial charge in [-0.05, 0) is 0 Å². The smallest absolute Gasteiger partial charge is 0.136 e. The molecule has 54 valence electrons. The maximum atomic E-state index is 2.48. The van der Waals surface area contributed by atoms with Crippen LogP contribution < -0.4 is 10.2 Å². The van der Waals surface area contributed by atoms with E-state index in [2.05, 4.69) is 19.4 Å². The minimum atomic E-state index is 0.926. The Morgan fingerprint density at radius 1 is 1.56 bits per heavy atom. The fourth-order valence-corrected chi connectivity index (χ4v) is 1.56. The fraction of sp³-hybridized carbons (Fsp3) is 1.00. The Bertz CT molecular complexity index is 75.0. The second-order valence-electron chi connectivity index (χ2n) is 3.34. The second-order valence-corrected chi connectivity index (χ2v) is 3.34. The van der Waals surface area contributed by atoms with Crippen LogP contribution >= 0.6 is 0 Å². The summed E-state index contributed by atoms with van der Waals surface area (Å²) in [7, 11) is 4.46. The molecule has 9 heavy (non-hydrogen) atoms. The maximum absolute atomic E-state index is 2.48. The van der Waals surface area contributed by atoms with E-state index in [1.165, 1.54) is 25.9 Å². The van der Waals surface area contributed by atoms with Crippen LogP contribution in [0.5, 0.6) is 0 Å². The Kier molecular flexibility index (Phi) is 2.49. The number of hydrogen-bond acceptors (Lipinski definition) is 0. The van der Waals surface area contributed by atoms with Crippen LogP contribution in [0.4, 0.5) is 0 Å². The first-order chi connectivity index (χ1) is 4.29. The van der Waals surface area contributed by atoms with Crippen LogP contribution in [0.25, 0.3) is 0 Å². The van der Waals surface area contributed by atoms with E-state index in [0.29, 0.717) is 0 Å². The van der Waals surface area contributed by atoms with Gasteiger partial charge in [0.1, 0.15) is 12.6 Å². The van der Waals surface area contributed by atoms with E-state index in [9.17, 15) is 0 Å². The van der Waals surface area contributed by atoms with Crippen molar-refractivity contribution in [3.05, 3.63) is 0 Å². The molecule has 1 heterocycles. The van der Waals surface area contributed by atoms with Crippen molar-refractivity contribution < 1.29 is 10.2 Å². The molecular weight excluding hydrogens is 112 g/mol. The van der Waals surface area contributed by atoms with Crippen LogP contribution in [-0.4, -0.2) is 33.2 Å². The number of quaternary nitrogens is 2. The van der Waals surface area contributed by atoms with Crippen LogP contribution in [-0.2, 0) is 0 Å². The fourth-order valence-electron chi connectivity index (χ4n) is 1.56. The lowest BCUT2D eigenvalue weighted by Crippen LogP contribution is -3.10. The molecule has 2 heteroatoms.